The zero-order valence-electron chi connectivity index (χ0n) is 23.1. The van der Waals surface area contributed by atoms with Crippen molar-refractivity contribution < 1.29 is 47.3 Å². The number of aromatic amines is 1. The Labute approximate surface area is 244 Å². The minimum atomic E-state index is -5.08. The van der Waals surface area contributed by atoms with Crippen LogP contribution in [0.4, 0.5) is 19.1 Å². The summed E-state index contributed by atoms with van der Waals surface area (Å²) in [5, 5.41) is 24.8. The van der Waals surface area contributed by atoms with Gasteiger partial charge in [0.15, 0.2) is 5.95 Å². The molecule has 1 unspecified atom stereocenters. The predicted molar refractivity (Wildman–Crippen MR) is 149 cm³/mol. The van der Waals surface area contributed by atoms with Gasteiger partial charge in [0.05, 0.1) is 25.6 Å². The molecule has 0 saturated carbocycles. The van der Waals surface area contributed by atoms with E-state index in [1.165, 1.54) is 0 Å². The SMILES string of the molecule is CCOc1ccc(-c2ccc(C(CC(=O)O)NC(=O)CNC(=O)CCCNc3ncc[nH]3)cc2)cc1.O=C(O)C(F)(F)F. The molecular formula is C28H32F3N5O7. The van der Waals surface area contributed by atoms with Gasteiger partial charge in [0.1, 0.15) is 5.75 Å². The Balaban J connectivity index is 0.000000821. The summed E-state index contributed by atoms with van der Waals surface area (Å²) in [6, 6.07) is 14.3. The molecule has 15 heteroatoms. The van der Waals surface area contributed by atoms with E-state index < -0.39 is 30.1 Å². The van der Waals surface area contributed by atoms with E-state index in [1.807, 2.05) is 43.3 Å². The van der Waals surface area contributed by atoms with Crippen molar-refractivity contribution in [1.82, 2.24) is 20.6 Å². The molecule has 0 fully saturated rings. The van der Waals surface area contributed by atoms with E-state index in [4.69, 9.17) is 14.6 Å². The number of aliphatic carboxylic acids is 2. The lowest BCUT2D eigenvalue weighted by molar-refractivity contribution is -0.192. The highest BCUT2D eigenvalue weighted by molar-refractivity contribution is 5.85. The standard InChI is InChI=1S/C26H31N5O5.C2HF3O2/c1-2-36-21-11-9-19(10-12-21)18-5-7-20(8-6-18)22(16-25(34)35)31-24(33)17-30-23(32)4-3-13-27-26-28-14-15-29-26;3-2(4,5)1(6)7/h5-12,14-15,22H,2-4,13,16-17H2,1H3,(H,30,32)(H,31,33)(H,34,35)(H2,27,28,29);(H,6,7). The van der Waals surface area contributed by atoms with Crippen LogP contribution in [-0.2, 0) is 19.2 Å². The van der Waals surface area contributed by atoms with Crippen molar-refractivity contribution in [1.29, 1.82) is 0 Å². The van der Waals surface area contributed by atoms with Gasteiger partial charge in [0.25, 0.3) is 0 Å². The number of halogens is 3. The van der Waals surface area contributed by atoms with Crippen LogP contribution in [0.5, 0.6) is 5.75 Å². The molecule has 2 aromatic carbocycles. The summed E-state index contributed by atoms with van der Waals surface area (Å²) in [6.07, 6.45) is -1.23. The number of hydrogen-bond acceptors (Lipinski definition) is 7. The van der Waals surface area contributed by atoms with E-state index in [-0.39, 0.29) is 25.3 Å². The molecule has 0 spiro atoms. The zero-order chi connectivity index (χ0) is 31.8. The van der Waals surface area contributed by atoms with E-state index in [9.17, 15) is 32.7 Å². The minimum absolute atomic E-state index is 0.231. The molecule has 12 nitrogen and oxygen atoms in total. The Morgan fingerprint density at radius 2 is 1.58 bits per heavy atom. The summed E-state index contributed by atoms with van der Waals surface area (Å²) in [5.41, 5.74) is 2.61. The number of amides is 2. The highest BCUT2D eigenvalue weighted by Crippen LogP contribution is 2.25. The number of carboxylic acid groups (broad SMARTS) is 2. The number of carbonyl (C=O) groups excluding carboxylic acids is 2. The molecule has 232 valence electrons. The summed E-state index contributed by atoms with van der Waals surface area (Å²) in [6.45, 7) is 2.85. The Kier molecular flexibility index (Phi) is 13.5. The van der Waals surface area contributed by atoms with Crippen LogP contribution >= 0.6 is 0 Å². The molecule has 6 N–H and O–H groups in total. The lowest BCUT2D eigenvalue weighted by Crippen LogP contribution is -2.39. The lowest BCUT2D eigenvalue weighted by Gasteiger charge is -2.18. The number of benzene rings is 2. The summed E-state index contributed by atoms with van der Waals surface area (Å²) in [4.78, 5) is 51.7. The smallest absolute Gasteiger partial charge is 0.490 e. The summed E-state index contributed by atoms with van der Waals surface area (Å²) in [5.74, 6) is -3.09. The molecule has 1 aromatic heterocycles. The maximum absolute atomic E-state index is 12.4. The average molecular weight is 608 g/mol. The first-order chi connectivity index (χ1) is 20.4. The molecule has 1 heterocycles. The number of imidazole rings is 1. The first kappa shape index (κ1) is 34.1. The molecule has 0 radical (unpaired) electrons. The Morgan fingerprint density at radius 1 is 0.977 bits per heavy atom. The number of carbonyl (C=O) groups is 4. The largest absolute Gasteiger partial charge is 0.494 e. The van der Waals surface area contributed by atoms with Crippen LogP contribution in [0.2, 0.25) is 0 Å². The van der Waals surface area contributed by atoms with Crippen LogP contribution in [0.25, 0.3) is 11.1 Å². The van der Waals surface area contributed by atoms with Crippen molar-refractivity contribution in [3.8, 4) is 16.9 Å². The van der Waals surface area contributed by atoms with Gasteiger partial charge in [-0.1, -0.05) is 36.4 Å². The van der Waals surface area contributed by atoms with Crippen LogP contribution in [0.1, 0.15) is 37.8 Å². The van der Waals surface area contributed by atoms with Crippen LogP contribution in [0.3, 0.4) is 0 Å². The van der Waals surface area contributed by atoms with Crippen molar-refractivity contribution in [3.63, 3.8) is 0 Å². The highest BCUT2D eigenvalue weighted by atomic mass is 19.4. The Morgan fingerprint density at radius 3 is 2.09 bits per heavy atom. The number of anilines is 1. The van der Waals surface area contributed by atoms with Gasteiger partial charge in [-0.15, -0.1) is 0 Å². The van der Waals surface area contributed by atoms with Crippen LogP contribution in [0, 0.1) is 0 Å². The van der Waals surface area contributed by atoms with Crippen molar-refractivity contribution in [2.75, 3.05) is 25.0 Å². The Bertz CT molecular complexity index is 1320. The fourth-order valence-corrected chi connectivity index (χ4v) is 3.58. The molecule has 3 aromatic rings. The molecular weight excluding hydrogens is 575 g/mol. The van der Waals surface area contributed by atoms with Gasteiger partial charge in [0, 0.05) is 25.4 Å². The van der Waals surface area contributed by atoms with Crippen LogP contribution < -0.4 is 20.7 Å². The number of rotatable bonds is 14. The first-order valence-electron chi connectivity index (χ1n) is 13.0. The van der Waals surface area contributed by atoms with E-state index >= 15 is 0 Å². The molecule has 3 rings (SSSR count). The fourth-order valence-electron chi connectivity index (χ4n) is 3.58. The number of H-pyrrole nitrogens is 1. The topological polar surface area (TPSA) is 183 Å². The summed E-state index contributed by atoms with van der Waals surface area (Å²) < 4.78 is 37.2. The van der Waals surface area contributed by atoms with Gasteiger partial charge >= 0.3 is 18.1 Å². The number of hydrogen-bond donors (Lipinski definition) is 6. The van der Waals surface area contributed by atoms with Gasteiger partial charge < -0.3 is 35.9 Å². The van der Waals surface area contributed by atoms with Gasteiger partial charge in [-0.3, -0.25) is 14.4 Å². The molecule has 43 heavy (non-hydrogen) atoms. The van der Waals surface area contributed by atoms with Crippen LogP contribution in [-0.4, -0.2) is 69.8 Å². The summed E-state index contributed by atoms with van der Waals surface area (Å²) >= 11 is 0. The minimum Gasteiger partial charge on any atom is -0.494 e. The monoisotopic (exact) mass is 607 g/mol. The quantitative estimate of drug-likeness (QED) is 0.149. The van der Waals surface area contributed by atoms with E-state index in [0.717, 1.165) is 16.9 Å². The van der Waals surface area contributed by atoms with Gasteiger partial charge in [0.2, 0.25) is 11.8 Å². The van der Waals surface area contributed by atoms with Crippen molar-refractivity contribution >= 4 is 29.7 Å². The number of aromatic nitrogens is 2. The maximum atomic E-state index is 12.4. The predicted octanol–water partition coefficient (Wildman–Crippen LogP) is 3.75. The first-order valence-corrected chi connectivity index (χ1v) is 13.0. The average Bonchev–Trinajstić information content (AvgIpc) is 3.48. The molecule has 0 aliphatic carbocycles. The second kappa shape index (κ2) is 17.0. The number of alkyl halides is 3. The van der Waals surface area contributed by atoms with Crippen molar-refractivity contribution in [2.24, 2.45) is 0 Å². The van der Waals surface area contributed by atoms with Crippen molar-refractivity contribution in [2.45, 2.75) is 38.4 Å². The number of carboxylic acids is 2. The lowest BCUT2D eigenvalue weighted by atomic mass is 9.99. The number of nitrogens with one attached hydrogen (secondary N) is 4. The van der Waals surface area contributed by atoms with Gasteiger partial charge in [-0.25, -0.2) is 9.78 Å². The van der Waals surface area contributed by atoms with Crippen molar-refractivity contribution in [3.05, 3.63) is 66.5 Å². The van der Waals surface area contributed by atoms with Gasteiger partial charge in [-0.2, -0.15) is 13.2 Å². The maximum Gasteiger partial charge on any atom is 0.490 e. The second-order valence-corrected chi connectivity index (χ2v) is 8.85. The third-order valence-electron chi connectivity index (χ3n) is 5.59. The van der Waals surface area contributed by atoms with E-state index in [2.05, 4.69) is 25.9 Å². The number of ether oxygens (including phenoxy) is 1. The number of nitrogens with zero attached hydrogens (tertiary/aromatic N) is 1. The molecule has 2 amide bonds. The molecule has 0 aliphatic rings. The van der Waals surface area contributed by atoms with Gasteiger partial charge in [-0.05, 0) is 42.2 Å². The van der Waals surface area contributed by atoms with Crippen LogP contribution in [0.15, 0.2) is 60.9 Å². The third-order valence-corrected chi connectivity index (χ3v) is 5.59. The zero-order valence-corrected chi connectivity index (χ0v) is 23.1. The molecule has 0 aliphatic heterocycles. The molecule has 1 atom stereocenters. The summed E-state index contributed by atoms with van der Waals surface area (Å²) in [7, 11) is 0. The normalized spacial score (nSPS) is 11.3. The third kappa shape index (κ3) is 13.0. The fraction of sp³-hybridized carbons (Fsp3) is 0.321. The second-order valence-electron chi connectivity index (χ2n) is 8.85. The Hall–Kier alpha value is -5.08. The molecule has 0 saturated heterocycles. The highest BCUT2D eigenvalue weighted by Gasteiger charge is 2.38. The van der Waals surface area contributed by atoms with E-state index in [0.29, 0.717) is 31.1 Å². The molecule has 0 bridgehead atoms. The van der Waals surface area contributed by atoms with E-state index in [1.54, 1.807) is 24.5 Å².